The average molecular weight is 1060 g/mol. The fourth-order valence-corrected chi connectivity index (χ4v) is 9.09. The number of aliphatic hydroxyl groups excluding tert-OH is 1. The van der Waals surface area contributed by atoms with Crippen molar-refractivity contribution in [3.05, 3.63) is 153 Å². The lowest BCUT2D eigenvalue weighted by Gasteiger charge is -2.29. The Morgan fingerprint density at radius 2 is 1.06 bits per heavy atom. The van der Waals surface area contributed by atoms with E-state index < -0.39 is 0 Å². The Hall–Kier alpha value is -5.33. The van der Waals surface area contributed by atoms with Crippen molar-refractivity contribution >= 4 is 34.5 Å². The van der Waals surface area contributed by atoms with E-state index in [1.165, 1.54) is 38.5 Å². The zero-order valence-electron chi connectivity index (χ0n) is 40.0. The number of carbonyl (C=O) groups excluding carboxylic acids is 2. The average Bonchev–Trinajstić information content (AvgIpc) is 3.93. The Kier molecular flexibility index (Phi) is 20.0. The molecule has 2 saturated carbocycles. The van der Waals surface area contributed by atoms with E-state index in [0.29, 0.717) is 71.7 Å². The highest BCUT2D eigenvalue weighted by Gasteiger charge is 2.26. The van der Waals surface area contributed by atoms with Gasteiger partial charge in [0.05, 0.1) is 75.3 Å². The first-order valence-electron chi connectivity index (χ1n) is 23.1. The second-order valence-electron chi connectivity index (χ2n) is 17.2. The van der Waals surface area contributed by atoms with Crippen LogP contribution in [0.4, 0.5) is 8.78 Å². The predicted octanol–water partition coefficient (Wildman–Crippen LogP) is 12.3. The first-order chi connectivity index (χ1) is 33.3. The molecule has 0 bridgehead atoms. The van der Waals surface area contributed by atoms with Crippen LogP contribution in [0.15, 0.2) is 93.8 Å². The molecule has 2 aliphatic rings. The topological polar surface area (TPSA) is 153 Å². The van der Waals surface area contributed by atoms with Crippen molar-refractivity contribution < 1.29 is 56.0 Å². The van der Waals surface area contributed by atoms with Gasteiger partial charge in [-0.05, 0) is 138 Å². The number of ether oxygens (including phenoxy) is 5. The van der Waals surface area contributed by atoms with Crippen molar-refractivity contribution in [1.29, 1.82) is 0 Å². The minimum atomic E-state index is -0.345. The van der Waals surface area contributed by atoms with Gasteiger partial charge < -0.3 is 37.6 Å². The third-order valence-corrected chi connectivity index (χ3v) is 12.9. The van der Waals surface area contributed by atoms with Crippen molar-refractivity contribution in [3.63, 3.8) is 0 Å². The van der Waals surface area contributed by atoms with Crippen LogP contribution in [0.25, 0.3) is 22.9 Å². The van der Waals surface area contributed by atoms with Crippen molar-refractivity contribution in [2.75, 3.05) is 14.2 Å². The van der Waals surface area contributed by atoms with Gasteiger partial charge in [-0.25, -0.2) is 28.3 Å². The number of methoxy groups -OCH3 is 2. The standard InChI is InChI=1S/C27H30FNO5.C16H22O4.C11H9FINO/c1-17-7-4-9-20(25(17)27(30)31-3)15-32-22-11-6-12-23(14-22)33-16-24-18(2)34-26(29-24)19-8-5-10-21(28)13-19;1-11-5-3-6-12(15(11)16(18)19-2)10-20-14-8-4-7-13(17)9-14;1-7-10(6-13)14-11(15-7)8-3-2-4-9(12)5-8/h4-5,7-10,13,22-23H,6,11-12,14-16H2,1-3H3;3,5-6,13-14,17H,4,7-10H2,1-2H3;2-5H,6H2,1H3/t22-,23+;13-,14+;/m10./s1. The van der Waals surface area contributed by atoms with E-state index in [2.05, 4.69) is 32.6 Å². The smallest absolute Gasteiger partial charge is 0.338 e. The molecule has 368 valence electrons. The summed E-state index contributed by atoms with van der Waals surface area (Å²) in [4.78, 5) is 32.8. The van der Waals surface area contributed by atoms with Gasteiger partial charge in [-0.1, -0.05) is 71.1 Å². The number of hydrogen-bond acceptors (Lipinski definition) is 12. The van der Waals surface area contributed by atoms with Crippen LogP contribution < -0.4 is 0 Å². The monoisotopic (exact) mass is 1060 g/mol. The molecule has 0 saturated heterocycles. The number of aryl methyl sites for hydroxylation is 4. The van der Waals surface area contributed by atoms with Crippen LogP contribution in [0, 0.1) is 39.3 Å². The van der Waals surface area contributed by atoms with E-state index in [1.54, 1.807) is 24.3 Å². The van der Waals surface area contributed by atoms with Gasteiger partial charge in [-0.2, -0.15) is 0 Å². The fraction of sp³-hybridized carbons (Fsp3) is 0.407. The van der Waals surface area contributed by atoms with Gasteiger partial charge in [0.2, 0.25) is 11.8 Å². The number of carbonyl (C=O) groups is 2. The Bertz CT molecular complexity index is 2630. The highest BCUT2D eigenvalue weighted by Crippen LogP contribution is 2.29. The number of aliphatic hydroxyl groups is 1. The van der Waals surface area contributed by atoms with Crippen molar-refractivity contribution in [1.82, 2.24) is 9.97 Å². The number of alkyl halides is 1. The van der Waals surface area contributed by atoms with Crippen molar-refractivity contribution in [3.8, 4) is 22.9 Å². The summed E-state index contributed by atoms with van der Waals surface area (Å²) in [6.07, 6.45) is 7.08. The lowest BCUT2D eigenvalue weighted by Crippen LogP contribution is -2.28. The highest BCUT2D eigenvalue weighted by molar-refractivity contribution is 14.1. The summed E-state index contributed by atoms with van der Waals surface area (Å²) >= 11 is 2.22. The molecular weight excluding hydrogens is 1000 g/mol. The van der Waals surface area contributed by atoms with Crippen LogP contribution >= 0.6 is 22.6 Å². The molecule has 4 aromatic carbocycles. The number of halogens is 3. The summed E-state index contributed by atoms with van der Waals surface area (Å²) < 4.78 is 66.5. The molecule has 6 aromatic rings. The molecule has 2 aliphatic carbocycles. The van der Waals surface area contributed by atoms with Crippen LogP contribution in [0.3, 0.4) is 0 Å². The molecular formula is C54H61F2IN2O10. The van der Waals surface area contributed by atoms with Gasteiger partial charge >= 0.3 is 11.9 Å². The Morgan fingerprint density at radius 1 is 0.623 bits per heavy atom. The Balaban J connectivity index is 0.000000188. The summed E-state index contributed by atoms with van der Waals surface area (Å²) in [5.74, 6) is 1.05. The van der Waals surface area contributed by atoms with Gasteiger partial charge in [0.25, 0.3) is 0 Å². The number of oxazole rings is 2. The number of rotatable bonds is 14. The molecule has 69 heavy (non-hydrogen) atoms. The zero-order valence-corrected chi connectivity index (χ0v) is 42.2. The molecule has 0 radical (unpaired) electrons. The van der Waals surface area contributed by atoms with Gasteiger partial charge in [0, 0.05) is 15.6 Å². The van der Waals surface area contributed by atoms with E-state index >= 15 is 0 Å². The van der Waals surface area contributed by atoms with E-state index in [0.717, 1.165) is 83.1 Å². The summed E-state index contributed by atoms with van der Waals surface area (Å²) in [5, 5.41) is 9.65. The molecule has 2 aromatic heterocycles. The molecule has 0 amide bonds. The summed E-state index contributed by atoms with van der Waals surface area (Å²) in [5.41, 5.74) is 7.50. The highest BCUT2D eigenvalue weighted by atomic mass is 127. The molecule has 0 unspecified atom stereocenters. The lowest BCUT2D eigenvalue weighted by atomic mass is 9.94. The first kappa shape index (κ1) is 53.0. The van der Waals surface area contributed by atoms with Crippen LogP contribution in [-0.2, 0) is 47.9 Å². The molecule has 2 heterocycles. The largest absolute Gasteiger partial charge is 0.465 e. The minimum Gasteiger partial charge on any atom is -0.465 e. The molecule has 4 atom stereocenters. The maximum Gasteiger partial charge on any atom is 0.338 e. The maximum atomic E-state index is 13.5. The second-order valence-corrected chi connectivity index (χ2v) is 17.9. The van der Waals surface area contributed by atoms with Gasteiger partial charge in [-0.3, -0.25) is 0 Å². The Morgan fingerprint density at radius 3 is 1.51 bits per heavy atom. The normalized spacial score (nSPS) is 17.8. The number of nitrogens with zero attached hydrogens (tertiary/aromatic N) is 2. The molecule has 15 heteroatoms. The van der Waals surface area contributed by atoms with Gasteiger partial charge in [0.1, 0.15) is 28.8 Å². The Labute approximate surface area is 416 Å². The fourth-order valence-electron chi connectivity index (χ4n) is 8.38. The SMILES string of the molecule is COC(=O)c1c(C)cccc1CO[C@@H]1CCC[C@H](O)C1.COC(=O)c1c(C)cccc1CO[C@@H]1CCC[C@H](OCc2nc(-c3cccc(F)c3)oc2C)C1.Cc1oc(-c2cccc(F)c2)nc1CI. The lowest BCUT2D eigenvalue weighted by molar-refractivity contribution is -0.0564. The van der Waals surface area contributed by atoms with E-state index in [1.807, 2.05) is 64.1 Å². The van der Waals surface area contributed by atoms with E-state index in [4.69, 9.17) is 32.5 Å². The molecule has 12 nitrogen and oxygen atoms in total. The van der Waals surface area contributed by atoms with Gasteiger partial charge in [-0.15, -0.1) is 0 Å². The van der Waals surface area contributed by atoms with Crippen LogP contribution in [0.5, 0.6) is 0 Å². The quantitative estimate of drug-likeness (QED) is 0.0628. The maximum absolute atomic E-state index is 13.5. The molecule has 2 fully saturated rings. The predicted molar refractivity (Wildman–Crippen MR) is 265 cm³/mol. The minimum absolute atomic E-state index is 0.0463. The molecule has 0 spiro atoms. The number of aromatic nitrogens is 2. The van der Waals surface area contributed by atoms with E-state index in [9.17, 15) is 23.5 Å². The summed E-state index contributed by atoms with van der Waals surface area (Å²) in [7, 11) is 2.77. The summed E-state index contributed by atoms with van der Waals surface area (Å²) in [6.45, 7) is 8.54. The first-order valence-corrected chi connectivity index (χ1v) is 24.7. The van der Waals surface area contributed by atoms with Crippen molar-refractivity contribution in [2.45, 2.75) is 128 Å². The number of hydrogen-bond donors (Lipinski definition) is 1. The molecule has 1 N–H and O–H groups in total. The number of benzene rings is 4. The second kappa shape index (κ2) is 26.0. The third-order valence-electron chi connectivity index (χ3n) is 12.1. The zero-order chi connectivity index (χ0) is 49.5. The van der Waals surface area contributed by atoms with Gasteiger partial charge in [0.15, 0.2) is 0 Å². The number of esters is 2. The van der Waals surface area contributed by atoms with Crippen LogP contribution in [-0.4, -0.2) is 65.6 Å². The van der Waals surface area contributed by atoms with E-state index in [-0.39, 0.29) is 48.0 Å². The third kappa shape index (κ3) is 15.1. The molecule has 8 rings (SSSR count). The molecule has 0 aliphatic heterocycles. The van der Waals surface area contributed by atoms with Crippen LogP contribution in [0.2, 0.25) is 0 Å². The van der Waals surface area contributed by atoms with Crippen molar-refractivity contribution in [2.24, 2.45) is 0 Å². The van der Waals surface area contributed by atoms with Crippen LogP contribution in [0.1, 0.15) is 117 Å². The summed E-state index contributed by atoms with van der Waals surface area (Å²) in [6, 6.07) is 23.8.